The average molecular weight is 223 g/mol. The van der Waals surface area contributed by atoms with Gasteiger partial charge >= 0.3 is 0 Å². The second kappa shape index (κ2) is 6.55. The molecule has 1 amide bonds. The molecule has 3 atom stereocenters. The molecule has 0 aromatic carbocycles. The zero-order valence-corrected chi connectivity index (χ0v) is 10.2. The quantitative estimate of drug-likeness (QED) is 0.721. The largest absolute Gasteiger partial charge is 0.377 e. The van der Waals surface area contributed by atoms with Gasteiger partial charge < -0.3 is 10.1 Å². The molecule has 0 aromatic rings. The summed E-state index contributed by atoms with van der Waals surface area (Å²) in [5, 5.41) is 2.92. The minimum Gasteiger partial charge on any atom is -0.377 e. The zero-order valence-electron chi connectivity index (χ0n) is 10.2. The highest BCUT2D eigenvalue weighted by Gasteiger charge is 2.33. The van der Waals surface area contributed by atoms with E-state index in [1.807, 2.05) is 6.92 Å². The number of hydrogen-bond acceptors (Lipinski definition) is 2. The third-order valence-electron chi connectivity index (χ3n) is 3.04. The number of nitrogens with one attached hydrogen (secondary N) is 1. The average Bonchev–Trinajstić information content (AvgIpc) is 2.76. The molecule has 1 aliphatic rings. The summed E-state index contributed by atoms with van der Waals surface area (Å²) in [5.74, 6) is 2.66. The summed E-state index contributed by atoms with van der Waals surface area (Å²) >= 11 is 0. The van der Waals surface area contributed by atoms with Gasteiger partial charge in [-0.1, -0.05) is 26.2 Å². The van der Waals surface area contributed by atoms with Crippen molar-refractivity contribution >= 4 is 5.91 Å². The van der Waals surface area contributed by atoms with Gasteiger partial charge in [0.1, 0.15) is 0 Å². The molecule has 16 heavy (non-hydrogen) atoms. The standard InChI is InChI=1S/C13H21NO2/c1-4-7-10(5-2)14-13(15)11-8-9-16-12(11)6-3/h2,10-12H,4,6-9H2,1,3H3,(H,14,15). The van der Waals surface area contributed by atoms with Crippen LogP contribution in [0.15, 0.2) is 0 Å². The van der Waals surface area contributed by atoms with Crippen LogP contribution in [0.25, 0.3) is 0 Å². The maximum absolute atomic E-state index is 12.0. The number of rotatable bonds is 5. The number of ether oxygens (including phenoxy) is 1. The lowest BCUT2D eigenvalue weighted by molar-refractivity contribution is -0.127. The first kappa shape index (κ1) is 13.1. The van der Waals surface area contributed by atoms with Crippen molar-refractivity contribution in [1.82, 2.24) is 5.32 Å². The van der Waals surface area contributed by atoms with Gasteiger partial charge in [0, 0.05) is 6.61 Å². The second-order valence-electron chi connectivity index (χ2n) is 4.23. The van der Waals surface area contributed by atoms with Crippen molar-refractivity contribution < 1.29 is 9.53 Å². The molecule has 1 rings (SSSR count). The SMILES string of the molecule is C#CC(CCC)NC(=O)C1CCOC1CC. The van der Waals surface area contributed by atoms with Crippen LogP contribution < -0.4 is 5.32 Å². The van der Waals surface area contributed by atoms with Crippen LogP contribution in [-0.2, 0) is 9.53 Å². The van der Waals surface area contributed by atoms with E-state index < -0.39 is 0 Å². The molecule has 0 aromatic heterocycles. The Morgan fingerprint density at radius 2 is 2.38 bits per heavy atom. The van der Waals surface area contributed by atoms with Crippen LogP contribution in [-0.4, -0.2) is 24.7 Å². The summed E-state index contributed by atoms with van der Waals surface area (Å²) < 4.78 is 5.50. The van der Waals surface area contributed by atoms with Crippen LogP contribution in [0.5, 0.6) is 0 Å². The van der Waals surface area contributed by atoms with Gasteiger partial charge in [0.2, 0.25) is 5.91 Å². The van der Waals surface area contributed by atoms with Gasteiger partial charge in [0.25, 0.3) is 0 Å². The Hall–Kier alpha value is -1.01. The van der Waals surface area contributed by atoms with Crippen LogP contribution in [0.1, 0.15) is 39.5 Å². The molecule has 1 saturated heterocycles. The van der Waals surface area contributed by atoms with Crippen molar-refractivity contribution in [3.05, 3.63) is 0 Å². The van der Waals surface area contributed by atoms with E-state index in [0.29, 0.717) is 6.61 Å². The first-order valence-corrected chi connectivity index (χ1v) is 6.11. The second-order valence-corrected chi connectivity index (χ2v) is 4.23. The molecule has 3 nitrogen and oxygen atoms in total. The van der Waals surface area contributed by atoms with E-state index in [4.69, 9.17) is 11.2 Å². The number of hydrogen-bond donors (Lipinski definition) is 1. The molecule has 0 bridgehead atoms. The first-order chi connectivity index (χ1) is 7.72. The maximum Gasteiger partial charge on any atom is 0.226 e. The summed E-state index contributed by atoms with van der Waals surface area (Å²) in [5.41, 5.74) is 0. The fraction of sp³-hybridized carbons (Fsp3) is 0.769. The molecule has 1 heterocycles. The van der Waals surface area contributed by atoms with Gasteiger partial charge in [0.15, 0.2) is 0 Å². The van der Waals surface area contributed by atoms with Crippen molar-refractivity contribution in [3.63, 3.8) is 0 Å². The summed E-state index contributed by atoms with van der Waals surface area (Å²) in [6, 6.07) is -0.129. The van der Waals surface area contributed by atoms with E-state index in [-0.39, 0.29) is 24.0 Å². The molecule has 90 valence electrons. The zero-order chi connectivity index (χ0) is 12.0. The van der Waals surface area contributed by atoms with Crippen LogP contribution in [0.4, 0.5) is 0 Å². The smallest absolute Gasteiger partial charge is 0.226 e. The van der Waals surface area contributed by atoms with E-state index in [1.54, 1.807) is 0 Å². The van der Waals surface area contributed by atoms with Crippen molar-refractivity contribution in [2.45, 2.75) is 51.7 Å². The van der Waals surface area contributed by atoms with Gasteiger partial charge in [-0.25, -0.2) is 0 Å². The Morgan fingerprint density at radius 3 is 2.94 bits per heavy atom. The topological polar surface area (TPSA) is 38.3 Å². The van der Waals surface area contributed by atoms with Gasteiger partial charge in [-0.05, 0) is 19.3 Å². The number of carbonyl (C=O) groups excluding carboxylic acids is 1. The highest BCUT2D eigenvalue weighted by molar-refractivity contribution is 5.80. The fourth-order valence-electron chi connectivity index (χ4n) is 2.12. The molecule has 1 aliphatic heterocycles. The summed E-state index contributed by atoms with van der Waals surface area (Å²) in [6.07, 6.45) is 8.96. The normalized spacial score (nSPS) is 26.1. The number of terminal acetylenes is 1. The molecule has 0 saturated carbocycles. The Balaban J connectivity index is 2.48. The minimum absolute atomic E-state index is 0.0160. The van der Waals surface area contributed by atoms with E-state index >= 15 is 0 Å². The van der Waals surface area contributed by atoms with Crippen molar-refractivity contribution in [2.24, 2.45) is 5.92 Å². The van der Waals surface area contributed by atoms with Crippen LogP contribution in [0, 0.1) is 18.3 Å². The fourth-order valence-corrected chi connectivity index (χ4v) is 2.12. The van der Waals surface area contributed by atoms with Gasteiger partial charge in [-0.3, -0.25) is 4.79 Å². The first-order valence-electron chi connectivity index (χ1n) is 6.11. The maximum atomic E-state index is 12.0. The molecule has 3 heteroatoms. The predicted octanol–water partition coefficient (Wildman–Crippen LogP) is 1.72. The van der Waals surface area contributed by atoms with Crippen molar-refractivity contribution in [3.8, 4) is 12.3 Å². The molecule has 0 spiro atoms. The van der Waals surface area contributed by atoms with E-state index in [9.17, 15) is 4.79 Å². The van der Waals surface area contributed by atoms with E-state index in [2.05, 4.69) is 18.2 Å². The highest BCUT2D eigenvalue weighted by atomic mass is 16.5. The molecule has 1 fully saturated rings. The summed E-state index contributed by atoms with van der Waals surface area (Å²) in [6.45, 7) is 4.79. The summed E-state index contributed by atoms with van der Waals surface area (Å²) in [4.78, 5) is 12.0. The van der Waals surface area contributed by atoms with E-state index in [1.165, 1.54) is 0 Å². The molecule has 0 aliphatic carbocycles. The molecular weight excluding hydrogens is 202 g/mol. The molecule has 3 unspecified atom stereocenters. The highest BCUT2D eigenvalue weighted by Crippen LogP contribution is 2.23. The number of carbonyl (C=O) groups is 1. The lowest BCUT2D eigenvalue weighted by Crippen LogP contribution is -2.40. The molecule has 0 radical (unpaired) electrons. The lowest BCUT2D eigenvalue weighted by atomic mass is 9.98. The van der Waals surface area contributed by atoms with Gasteiger partial charge in [0.05, 0.1) is 18.1 Å². The molecular formula is C13H21NO2. The minimum atomic E-state index is -0.129. The summed E-state index contributed by atoms with van der Waals surface area (Å²) in [7, 11) is 0. The Kier molecular flexibility index (Phi) is 5.34. The Morgan fingerprint density at radius 1 is 1.62 bits per heavy atom. The monoisotopic (exact) mass is 223 g/mol. The van der Waals surface area contributed by atoms with Crippen LogP contribution >= 0.6 is 0 Å². The van der Waals surface area contributed by atoms with Crippen molar-refractivity contribution in [2.75, 3.05) is 6.61 Å². The van der Waals surface area contributed by atoms with Crippen LogP contribution in [0.3, 0.4) is 0 Å². The van der Waals surface area contributed by atoms with E-state index in [0.717, 1.165) is 25.7 Å². The van der Waals surface area contributed by atoms with Gasteiger partial charge in [-0.15, -0.1) is 6.42 Å². The Bertz CT molecular complexity index is 270. The third kappa shape index (κ3) is 3.24. The Labute approximate surface area is 97.9 Å². The van der Waals surface area contributed by atoms with Crippen LogP contribution in [0.2, 0.25) is 0 Å². The lowest BCUT2D eigenvalue weighted by Gasteiger charge is -2.19. The van der Waals surface area contributed by atoms with Crippen molar-refractivity contribution in [1.29, 1.82) is 0 Å². The third-order valence-corrected chi connectivity index (χ3v) is 3.04. The number of amides is 1. The predicted molar refractivity (Wildman–Crippen MR) is 63.8 cm³/mol. The molecule has 1 N–H and O–H groups in total. The van der Waals surface area contributed by atoms with Gasteiger partial charge in [-0.2, -0.15) is 0 Å².